The molecular formula is C15H15FN2O3. The van der Waals surface area contributed by atoms with Crippen molar-refractivity contribution < 1.29 is 19.1 Å². The van der Waals surface area contributed by atoms with Gasteiger partial charge in [-0.05, 0) is 18.2 Å². The summed E-state index contributed by atoms with van der Waals surface area (Å²) >= 11 is 0. The van der Waals surface area contributed by atoms with Crippen molar-refractivity contribution in [3.63, 3.8) is 0 Å². The van der Waals surface area contributed by atoms with Crippen molar-refractivity contribution in [1.82, 2.24) is 0 Å². The molecule has 21 heavy (non-hydrogen) atoms. The molecule has 3 N–H and O–H groups in total. The van der Waals surface area contributed by atoms with Crippen LogP contribution in [0.5, 0.6) is 11.5 Å². The minimum Gasteiger partial charge on any atom is -0.493 e. The molecular weight excluding hydrogens is 275 g/mol. The molecule has 0 fully saturated rings. The number of hydrogen-bond acceptors (Lipinski definition) is 4. The number of hydrogen-bond donors (Lipinski definition) is 2. The van der Waals surface area contributed by atoms with Gasteiger partial charge in [0.15, 0.2) is 17.3 Å². The monoisotopic (exact) mass is 290 g/mol. The average Bonchev–Trinajstić information content (AvgIpc) is 2.53. The second-order valence-electron chi connectivity index (χ2n) is 4.23. The molecule has 0 aliphatic heterocycles. The lowest BCUT2D eigenvalue weighted by Gasteiger charge is -2.11. The maximum atomic E-state index is 13.9. The van der Waals surface area contributed by atoms with E-state index in [0.29, 0.717) is 22.6 Å². The van der Waals surface area contributed by atoms with E-state index in [0.717, 1.165) is 0 Å². The van der Waals surface area contributed by atoms with Gasteiger partial charge < -0.3 is 20.4 Å². The van der Waals surface area contributed by atoms with Crippen LogP contribution < -0.4 is 15.2 Å². The van der Waals surface area contributed by atoms with Gasteiger partial charge in [-0.3, -0.25) is 0 Å². The largest absolute Gasteiger partial charge is 0.493 e. The van der Waals surface area contributed by atoms with Crippen LogP contribution in [0.3, 0.4) is 0 Å². The number of amidine groups is 1. The van der Waals surface area contributed by atoms with Crippen molar-refractivity contribution in [3.8, 4) is 11.5 Å². The number of halogens is 1. The third-order valence-electron chi connectivity index (χ3n) is 2.91. The summed E-state index contributed by atoms with van der Waals surface area (Å²) in [5.41, 5.74) is 6.06. The molecule has 0 saturated carbocycles. The molecule has 0 atom stereocenters. The maximum Gasteiger partial charge on any atom is 0.170 e. The van der Waals surface area contributed by atoms with Gasteiger partial charge in [0.2, 0.25) is 0 Å². The normalized spacial score (nSPS) is 11.2. The molecule has 2 aromatic carbocycles. The summed E-state index contributed by atoms with van der Waals surface area (Å²) in [6.07, 6.45) is 0. The second kappa shape index (κ2) is 6.60. The van der Waals surface area contributed by atoms with Crippen LogP contribution in [0.1, 0.15) is 11.1 Å². The number of para-hydroxylation sites is 2. The van der Waals surface area contributed by atoms with E-state index >= 15 is 0 Å². The van der Waals surface area contributed by atoms with Crippen molar-refractivity contribution in [1.29, 1.82) is 0 Å². The lowest BCUT2D eigenvalue weighted by atomic mass is 10.1. The van der Waals surface area contributed by atoms with Gasteiger partial charge in [-0.1, -0.05) is 29.4 Å². The first-order chi connectivity index (χ1) is 10.2. The molecule has 110 valence electrons. The van der Waals surface area contributed by atoms with Crippen LogP contribution in [0.15, 0.2) is 47.6 Å². The van der Waals surface area contributed by atoms with Crippen LogP contribution in [0, 0.1) is 5.82 Å². The SMILES string of the molecule is COc1ccccc1OCc1ccc(/C(N)=N/O)cc1F. The van der Waals surface area contributed by atoms with Crippen molar-refractivity contribution in [2.45, 2.75) is 6.61 Å². The molecule has 0 aliphatic rings. The third kappa shape index (κ3) is 3.42. The first-order valence-electron chi connectivity index (χ1n) is 6.18. The number of oxime groups is 1. The summed E-state index contributed by atoms with van der Waals surface area (Å²) in [6, 6.07) is 11.4. The van der Waals surface area contributed by atoms with Crippen molar-refractivity contribution >= 4 is 5.84 Å². The molecule has 0 heterocycles. The summed E-state index contributed by atoms with van der Waals surface area (Å²) in [7, 11) is 1.54. The maximum absolute atomic E-state index is 13.9. The van der Waals surface area contributed by atoms with Crippen LogP contribution >= 0.6 is 0 Å². The van der Waals surface area contributed by atoms with E-state index in [-0.39, 0.29) is 12.4 Å². The molecule has 0 aromatic heterocycles. The molecule has 0 spiro atoms. The third-order valence-corrected chi connectivity index (χ3v) is 2.91. The van der Waals surface area contributed by atoms with Crippen LogP contribution in [-0.4, -0.2) is 18.2 Å². The number of methoxy groups -OCH3 is 1. The zero-order valence-corrected chi connectivity index (χ0v) is 11.4. The average molecular weight is 290 g/mol. The lowest BCUT2D eigenvalue weighted by molar-refractivity contribution is 0.279. The van der Waals surface area contributed by atoms with Gasteiger partial charge in [-0.25, -0.2) is 4.39 Å². The molecule has 0 amide bonds. The highest BCUT2D eigenvalue weighted by Gasteiger charge is 2.09. The first-order valence-corrected chi connectivity index (χ1v) is 6.18. The van der Waals surface area contributed by atoms with Gasteiger partial charge in [0, 0.05) is 11.1 Å². The summed E-state index contributed by atoms with van der Waals surface area (Å²) in [5.74, 6) is 0.464. The zero-order valence-electron chi connectivity index (χ0n) is 11.4. The Kier molecular flexibility index (Phi) is 4.61. The van der Waals surface area contributed by atoms with Crippen molar-refractivity contribution in [2.24, 2.45) is 10.9 Å². The Bertz CT molecular complexity index is 659. The number of rotatable bonds is 5. The molecule has 0 aliphatic carbocycles. The lowest BCUT2D eigenvalue weighted by Crippen LogP contribution is -2.13. The fourth-order valence-electron chi connectivity index (χ4n) is 1.77. The van der Waals surface area contributed by atoms with Crippen LogP contribution in [-0.2, 0) is 6.61 Å². The molecule has 0 radical (unpaired) electrons. The number of nitrogens with two attached hydrogens (primary N) is 1. The molecule has 5 nitrogen and oxygen atoms in total. The van der Waals surface area contributed by atoms with Crippen LogP contribution in [0.25, 0.3) is 0 Å². The smallest absolute Gasteiger partial charge is 0.170 e. The number of ether oxygens (including phenoxy) is 2. The summed E-state index contributed by atoms with van der Waals surface area (Å²) < 4.78 is 24.6. The van der Waals surface area contributed by atoms with Crippen LogP contribution in [0.2, 0.25) is 0 Å². The number of benzene rings is 2. The van der Waals surface area contributed by atoms with Crippen molar-refractivity contribution in [3.05, 3.63) is 59.4 Å². The fraction of sp³-hybridized carbons (Fsp3) is 0.133. The molecule has 0 bridgehead atoms. The van der Waals surface area contributed by atoms with E-state index in [2.05, 4.69) is 5.16 Å². The van der Waals surface area contributed by atoms with E-state index < -0.39 is 5.82 Å². The topological polar surface area (TPSA) is 77.1 Å². The standard InChI is InChI=1S/C15H15FN2O3/c1-20-13-4-2-3-5-14(13)21-9-11-7-6-10(8-12(11)16)15(17)18-19/h2-8,19H,9H2,1H3,(H2,17,18). The molecule has 6 heteroatoms. The minimum atomic E-state index is -0.492. The van der Waals surface area contributed by atoms with Crippen molar-refractivity contribution in [2.75, 3.05) is 7.11 Å². The fourth-order valence-corrected chi connectivity index (χ4v) is 1.77. The second-order valence-corrected chi connectivity index (χ2v) is 4.23. The summed E-state index contributed by atoms with van der Waals surface area (Å²) in [4.78, 5) is 0. The Balaban J connectivity index is 2.14. The Labute approximate surface area is 121 Å². The number of nitrogens with zero attached hydrogens (tertiary/aromatic N) is 1. The zero-order chi connectivity index (χ0) is 15.2. The van der Waals surface area contributed by atoms with Gasteiger partial charge in [-0.2, -0.15) is 0 Å². The van der Waals surface area contributed by atoms with E-state index in [1.807, 2.05) is 6.07 Å². The summed E-state index contributed by atoms with van der Waals surface area (Å²) in [5, 5.41) is 11.4. The highest BCUT2D eigenvalue weighted by molar-refractivity contribution is 5.97. The highest BCUT2D eigenvalue weighted by atomic mass is 19.1. The van der Waals surface area contributed by atoms with Gasteiger partial charge in [0.1, 0.15) is 12.4 Å². The van der Waals surface area contributed by atoms with Crippen LogP contribution in [0.4, 0.5) is 4.39 Å². The molecule has 0 saturated heterocycles. The predicted molar refractivity (Wildman–Crippen MR) is 76.2 cm³/mol. The molecule has 2 aromatic rings. The van der Waals surface area contributed by atoms with E-state index in [9.17, 15) is 4.39 Å². The van der Waals surface area contributed by atoms with E-state index in [1.54, 1.807) is 24.3 Å². The Morgan fingerprint density at radius 1 is 1.24 bits per heavy atom. The first kappa shape index (κ1) is 14.6. The predicted octanol–water partition coefficient (Wildman–Crippen LogP) is 2.51. The van der Waals surface area contributed by atoms with Gasteiger partial charge in [0.25, 0.3) is 0 Å². The Hall–Kier alpha value is -2.76. The van der Waals surface area contributed by atoms with E-state index in [1.165, 1.54) is 19.2 Å². The summed E-state index contributed by atoms with van der Waals surface area (Å²) in [6.45, 7) is 0.0443. The minimum absolute atomic E-state index is 0.0443. The van der Waals surface area contributed by atoms with Gasteiger partial charge in [0.05, 0.1) is 7.11 Å². The van der Waals surface area contributed by atoms with Gasteiger partial charge >= 0.3 is 0 Å². The Morgan fingerprint density at radius 2 is 1.95 bits per heavy atom. The quantitative estimate of drug-likeness (QED) is 0.384. The van der Waals surface area contributed by atoms with Gasteiger partial charge in [-0.15, -0.1) is 0 Å². The van der Waals surface area contributed by atoms with E-state index in [4.69, 9.17) is 20.4 Å². The Morgan fingerprint density at radius 3 is 2.57 bits per heavy atom. The molecule has 2 rings (SSSR count). The highest BCUT2D eigenvalue weighted by Crippen LogP contribution is 2.27. The molecule has 0 unspecified atom stereocenters.